The number of carbonyl (C=O) groups excluding carboxylic acids is 1. The van der Waals surface area contributed by atoms with Crippen molar-refractivity contribution in [1.82, 2.24) is 20.9 Å². The van der Waals surface area contributed by atoms with Crippen molar-refractivity contribution in [1.29, 1.82) is 0 Å². The van der Waals surface area contributed by atoms with Crippen LogP contribution < -0.4 is 20.9 Å². The summed E-state index contributed by atoms with van der Waals surface area (Å²) >= 11 is 5.01. The Morgan fingerprint density at radius 2 is 1.88 bits per heavy atom. The SMILES string of the molecule is COC[C@H](C)NC(=S)NNC(=O)CCNS(=O)(=O)c1ccc(C)cc1. The van der Waals surface area contributed by atoms with Gasteiger partial charge in [0.05, 0.1) is 11.5 Å². The average molecular weight is 389 g/mol. The van der Waals surface area contributed by atoms with Crippen LogP contribution in [-0.4, -0.2) is 45.7 Å². The standard InChI is InChI=1S/C15H24N4O4S2/c1-11-4-6-13(7-5-11)25(21,22)16-9-8-14(20)18-19-15(24)17-12(2)10-23-3/h4-7,12,16H,8-10H2,1-3H3,(H,18,20)(H2,17,19,24)/t12-/m0/s1. The molecule has 0 bridgehead atoms. The van der Waals surface area contributed by atoms with E-state index in [2.05, 4.69) is 20.9 Å². The summed E-state index contributed by atoms with van der Waals surface area (Å²) in [5, 5.41) is 3.16. The van der Waals surface area contributed by atoms with Crippen molar-refractivity contribution in [3.8, 4) is 0 Å². The van der Waals surface area contributed by atoms with Gasteiger partial charge in [-0.1, -0.05) is 17.7 Å². The highest BCUT2D eigenvalue weighted by molar-refractivity contribution is 7.89. The van der Waals surface area contributed by atoms with Gasteiger partial charge in [-0.3, -0.25) is 15.6 Å². The Bertz CT molecular complexity index is 677. The normalized spacial score (nSPS) is 12.3. The van der Waals surface area contributed by atoms with Crippen LogP contribution in [0.15, 0.2) is 29.2 Å². The lowest BCUT2D eigenvalue weighted by Gasteiger charge is -2.16. The third-order valence-electron chi connectivity index (χ3n) is 3.09. The van der Waals surface area contributed by atoms with Crippen molar-refractivity contribution in [2.75, 3.05) is 20.3 Å². The molecule has 4 N–H and O–H groups in total. The summed E-state index contributed by atoms with van der Waals surface area (Å²) in [5.41, 5.74) is 5.91. The first-order chi connectivity index (χ1) is 11.7. The summed E-state index contributed by atoms with van der Waals surface area (Å²) in [6, 6.07) is 6.45. The van der Waals surface area contributed by atoms with Gasteiger partial charge in [-0.2, -0.15) is 0 Å². The van der Waals surface area contributed by atoms with Crippen LogP contribution in [0.1, 0.15) is 18.9 Å². The molecular formula is C15H24N4O4S2. The molecule has 0 spiro atoms. The first kappa shape index (κ1) is 21.3. The molecular weight excluding hydrogens is 364 g/mol. The second-order valence-electron chi connectivity index (χ2n) is 5.46. The lowest BCUT2D eigenvalue weighted by atomic mass is 10.2. The number of aryl methyl sites for hydroxylation is 1. The van der Waals surface area contributed by atoms with Crippen LogP contribution in [0.4, 0.5) is 0 Å². The van der Waals surface area contributed by atoms with E-state index in [4.69, 9.17) is 17.0 Å². The van der Waals surface area contributed by atoms with Gasteiger partial charge >= 0.3 is 0 Å². The molecule has 0 aromatic heterocycles. The molecule has 1 atom stereocenters. The maximum Gasteiger partial charge on any atom is 0.240 e. The fourth-order valence-corrected chi connectivity index (χ4v) is 3.12. The zero-order chi connectivity index (χ0) is 18.9. The summed E-state index contributed by atoms with van der Waals surface area (Å²) in [4.78, 5) is 11.9. The number of ether oxygens (including phenoxy) is 1. The van der Waals surface area contributed by atoms with Crippen molar-refractivity contribution >= 4 is 33.3 Å². The van der Waals surface area contributed by atoms with Gasteiger partial charge in [-0.05, 0) is 38.2 Å². The zero-order valence-electron chi connectivity index (χ0n) is 14.5. The second-order valence-corrected chi connectivity index (χ2v) is 7.64. The van der Waals surface area contributed by atoms with Gasteiger partial charge in [0.2, 0.25) is 15.9 Å². The van der Waals surface area contributed by atoms with Gasteiger partial charge in [-0.25, -0.2) is 13.1 Å². The topological polar surface area (TPSA) is 109 Å². The van der Waals surface area contributed by atoms with E-state index in [1.165, 1.54) is 12.1 Å². The number of sulfonamides is 1. The van der Waals surface area contributed by atoms with Gasteiger partial charge in [0.25, 0.3) is 0 Å². The number of amides is 1. The Kier molecular flexibility index (Phi) is 8.76. The van der Waals surface area contributed by atoms with Crippen LogP contribution >= 0.6 is 12.2 Å². The molecule has 0 saturated heterocycles. The summed E-state index contributed by atoms with van der Waals surface area (Å²) in [6.07, 6.45) is -0.0334. The van der Waals surface area contributed by atoms with E-state index in [1.54, 1.807) is 19.2 Å². The number of nitrogens with one attached hydrogen (secondary N) is 4. The zero-order valence-corrected chi connectivity index (χ0v) is 16.1. The van der Waals surface area contributed by atoms with Crippen LogP contribution in [0.2, 0.25) is 0 Å². The van der Waals surface area contributed by atoms with Crippen molar-refractivity contribution < 1.29 is 17.9 Å². The van der Waals surface area contributed by atoms with Crippen molar-refractivity contribution in [2.24, 2.45) is 0 Å². The maximum atomic E-state index is 12.1. The molecule has 1 rings (SSSR count). The summed E-state index contributed by atoms with van der Waals surface area (Å²) in [7, 11) is -2.05. The van der Waals surface area contributed by atoms with Gasteiger partial charge in [-0.15, -0.1) is 0 Å². The Morgan fingerprint density at radius 3 is 2.48 bits per heavy atom. The molecule has 0 fully saturated rings. The number of thiocarbonyl (C=S) groups is 1. The lowest BCUT2D eigenvalue weighted by molar-refractivity contribution is -0.121. The fraction of sp³-hybridized carbons (Fsp3) is 0.467. The van der Waals surface area contributed by atoms with E-state index >= 15 is 0 Å². The van der Waals surface area contributed by atoms with Crippen LogP contribution in [-0.2, 0) is 19.6 Å². The van der Waals surface area contributed by atoms with E-state index in [0.29, 0.717) is 6.61 Å². The van der Waals surface area contributed by atoms with Gasteiger partial charge in [0.15, 0.2) is 5.11 Å². The lowest BCUT2D eigenvalue weighted by Crippen LogP contribution is -2.50. The first-order valence-corrected chi connectivity index (χ1v) is 9.54. The molecule has 0 radical (unpaired) electrons. The third-order valence-corrected chi connectivity index (χ3v) is 4.78. The molecule has 1 aromatic rings. The highest BCUT2D eigenvalue weighted by Gasteiger charge is 2.14. The first-order valence-electron chi connectivity index (χ1n) is 7.65. The minimum atomic E-state index is -3.63. The van der Waals surface area contributed by atoms with Crippen molar-refractivity contribution in [2.45, 2.75) is 31.2 Å². The molecule has 0 unspecified atom stereocenters. The van der Waals surface area contributed by atoms with Crippen LogP contribution in [0.5, 0.6) is 0 Å². The van der Waals surface area contributed by atoms with Crippen LogP contribution in [0.25, 0.3) is 0 Å². The number of hydrogen-bond donors (Lipinski definition) is 4. The number of methoxy groups -OCH3 is 1. The molecule has 0 aliphatic rings. The number of benzene rings is 1. The van der Waals surface area contributed by atoms with Crippen molar-refractivity contribution in [3.63, 3.8) is 0 Å². The van der Waals surface area contributed by atoms with E-state index < -0.39 is 15.9 Å². The molecule has 10 heteroatoms. The Morgan fingerprint density at radius 1 is 1.24 bits per heavy atom. The molecule has 0 heterocycles. The predicted octanol–water partition coefficient (Wildman–Crippen LogP) is 0.194. The Labute approximate surface area is 153 Å². The minimum absolute atomic E-state index is 0.0109. The Hall–Kier alpha value is -1.75. The van der Waals surface area contributed by atoms with Gasteiger partial charge in [0, 0.05) is 26.1 Å². The largest absolute Gasteiger partial charge is 0.383 e. The third kappa shape index (κ3) is 8.25. The maximum absolute atomic E-state index is 12.1. The monoisotopic (exact) mass is 388 g/mol. The summed E-state index contributed by atoms with van der Waals surface area (Å²) in [6.45, 7) is 4.19. The molecule has 1 aromatic carbocycles. The quantitative estimate of drug-likeness (QED) is 0.372. The molecule has 1 amide bonds. The fourth-order valence-electron chi connectivity index (χ4n) is 1.84. The van der Waals surface area contributed by atoms with E-state index in [9.17, 15) is 13.2 Å². The molecule has 8 nitrogen and oxygen atoms in total. The summed E-state index contributed by atoms with van der Waals surface area (Å²) in [5.74, 6) is -0.393. The highest BCUT2D eigenvalue weighted by atomic mass is 32.2. The molecule has 25 heavy (non-hydrogen) atoms. The second kappa shape index (κ2) is 10.3. The molecule has 0 saturated carbocycles. The number of rotatable bonds is 8. The van der Waals surface area contributed by atoms with Crippen molar-refractivity contribution in [3.05, 3.63) is 29.8 Å². The van der Waals surface area contributed by atoms with E-state index in [0.717, 1.165) is 5.56 Å². The molecule has 0 aliphatic carbocycles. The smallest absolute Gasteiger partial charge is 0.240 e. The predicted molar refractivity (Wildman–Crippen MR) is 99.3 cm³/mol. The number of hydrogen-bond acceptors (Lipinski definition) is 5. The number of hydrazine groups is 1. The van der Waals surface area contributed by atoms with Crippen LogP contribution in [0, 0.1) is 6.92 Å². The molecule has 140 valence electrons. The van der Waals surface area contributed by atoms with Gasteiger partial charge < -0.3 is 10.1 Å². The number of carbonyl (C=O) groups is 1. The summed E-state index contributed by atoms with van der Waals surface area (Å²) < 4.78 is 31.5. The Balaban J connectivity index is 2.32. The van der Waals surface area contributed by atoms with Crippen LogP contribution in [0.3, 0.4) is 0 Å². The highest BCUT2D eigenvalue weighted by Crippen LogP contribution is 2.09. The van der Waals surface area contributed by atoms with E-state index in [-0.39, 0.29) is 29.0 Å². The average Bonchev–Trinajstić information content (AvgIpc) is 2.53. The molecule has 0 aliphatic heterocycles. The van der Waals surface area contributed by atoms with Gasteiger partial charge in [0.1, 0.15) is 0 Å². The van der Waals surface area contributed by atoms with E-state index in [1.807, 2.05) is 13.8 Å². The minimum Gasteiger partial charge on any atom is -0.383 e.